The lowest BCUT2D eigenvalue weighted by atomic mass is 9.71. The number of carbonyl (C=O) groups is 2. The van der Waals surface area contributed by atoms with Gasteiger partial charge in [0.1, 0.15) is 6.61 Å². The zero-order chi connectivity index (χ0) is 18.5. The second-order valence-electron chi connectivity index (χ2n) is 7.44. The number of ether oxygens (including phenoxy) is 1. The molecule has 6 nitrogen and oxygen atoms in total. The number of esters is 1. The van der Waals surface area contributed by atoms with E-state index >= 15 is 0 Å². The molecule has 2 bridgehead atoms. The van der Waals surface area contributed by atoms with Gasteiger partial charge in [0.2, 0.25) is 0 Å². The largest absolute Gasteiger partial charge is 0.461 e. The summed E-state index contributed by atoms with van der Waals surface area (Å²) in [7, 11) is 0. The highest BCUT2D eigenvalue weighted by molar-refractivity contribution is 6.03. The van der Waals surface area contributed by atoms with Crippen LogP contribution in [0.15, 0.2) is 34.4 Å². The predicted octanol–water partition coefficient (Wildman–Crippen LogP) is 1.86. The molecule has 2 aliphatic heterocycles. The number of Topliss-reactive ketones (excluding diaryl/α,β-unsaturated/α-hetero) is 1. The number of nitrogens with one attached hydrogen (secondary N) is 1. The van der Waals surface area contributed by atoms with Gasteiger partial charge in [-0.05, 0) is 29.6 Å². The molecule has 0 amide bonds. The molecule has 2 aliphatic carbocycles. The highest BCUT2D eigenvalue weighted by Crippen LogP contribution is 2.51. The Morgan fingerprint density at radius 2 is 2.12 bits per heavy atom. The van der Waals surface area contributed by atoms with E-state index in [0.717, 1.165) is 24.0 Å². The number of rotatable bonds is 2. The van der Waals surface area contributed by atoms with E-state index in [1.165, 1.54) is 6.92 Å². The van der Waals surface area contributed by atoms with Crippen LogP contribution in [-0.2, 0) is 14.3 Å². The summed E-state index contributed by atoms with van der Waals surface area (Å²) in [6.45, 7) is 1.20. The number of nitriles is 2. The van der Waals surface area contributed by atoms with Crippen LogP contribution in [0.4, 0.5) is 0 Å². The van der Waals surface area contributed by atoms with Crippen molar-refractivity contribution in [3.63, 3.8) is 0 Å². The number of hydrogen-bond donors (Lipinski definition) is 1. The summed E-state index contributed by atoms with van der Waals surface area (Å²) in [5.74, 6) is -0.596. The van der Waals surface area contributed by atoms with Crippen molar-refractivity contribution >= 4 is 11.8 Å². The molecule has 4 rings (SSSR count). The number of hydrogen-bond acceptors (Lipinski definition) is 6. The minimum absolute atomic E-state index is 0.0542. The molecule has 1 unspecified atom stereocenters. The van der Waals surface area contributed by atoms with E-state index in [9.17, 15) is 20.1 Å². The topological polar surface area (TPSA) is 103 Å². The van der Waals surface area contributed by atoms with Gasteiger partial charge in [-0.3, -0.25) is 9.59 Å². The van der Waals surface area contributed by atoms with E-state index in [2.05, 4.69) is 23.5 Å². The van der Waals surface area contributed by atoms with E-state index in [0.29, 0.717) is 11.1 Å². The molecule has 6 heteroatoms. The Morgan fingerprint density at radius 3 is 2.81 bits per heavy atom. The molecule has 0 saturated carbocycles. The maximum absolute atomic E-state index is 12.5. The van der Waals surface area contributed by atoms with Crippen LogP contribution in [0.2, 0.25) is 0 Å². The number of fused-ring (bicyclic) bond motifs is 5. The van der Waals surface area contributed by atoms with E-state index in [4.69, 9.17) is 4.74 Å². The predicted molar refractivity (Wildman–Crippen MR) is 91.2 cm³/mol. The van der Waals surface area contributed by atoms with Crippen LogP contribution in [-0.4, -0.2) is 30.4 Å². The van der Waals surface area contributed by atoms with Gasteiger partial charge in [-0.2, -0.15) is 10.5 Å². The van der Waals surface area contributed by atoms with Gasteiger partial charge < -0.3 is 10.1 Å². The van der Waals surface area contributed by atoms with Crippen molar-refractivity contribution in [2.24, 2.45) is 11.3 Å². The van der Waals surface area contributed by atoms with Gasteiger partial charge in [0, 0.05) is 43.3 Å². The first-order valence-corrected chi connectivity index (χ1v) is 8.88. The molecular formula is C20H19N3O3. The minimum Gasteiger partial charge on any atom is -0.461 e. The van der Waals surface area contributed by atoms with Gasteiger partial charge in [0.15, 0.2) is 11.2 Å². The highest BCUT2D eigenvalue weighted by Gasteiger charge is 2.49. The van der Waals surface area contributed by atoms with Gasteiger partial charge in [-0.1, -0.05) is 12.2 Å². The molecule has 3 atom stereocenters. The van der Waals surface area contributed by atoms with Gasteiger partial charge >= 0.3 is 5.97 Å². The van der Waals surface area contributed by atoms with Crippen LogP contribution in [0.3, 0.4) is 0 Å². The zero-order valence-corrected chi connectivity index (χ0v) is 14.5. The standard InChI is InChI=1S/C20H19N3O3/c1-11(24)26-8-16-15-7-20(9-21,10-22)17-6-13-2-3-18(23-13)14(17)4-12(15)5-19(16)25/h4,6,13-14,18,23H,2-3,5,7-8H2,1H3/t13-,14-,18?/m1/s1. The lowest BCUT2D eigenvalue weighted by Crippen LogP contribution is -2.42. The monoisotopic (exact) mass is 349 g/mol. The molecule has 0 aromatic carbocycles. The fourth-order valence-corrected chi connectivity index (χ4v) is 4.68. The number of ketones is 1. The molecule has 1 fully saturated rings. The molecule has 4 aliphatic rings. The smallest absolute Gasteiger partial charge is 0.302 e. The summed E-state index contributed by atoms with van der Waals surface area (Å²) in [6, 6.07) is 4.89. The van der Waals surface area contributed by atoms with Crippen LogP contribution in [0.1, 0.15) is 32.6 Å². The summed E-state index contributed by atoms with van der Waals surface area (Å²) < 4.78 is 5.05. The van der Waals surface area contributed by atoms with E-state index in [-0.39, 0.29) is 43.2 Å². The third-order valence-electron chi connectivity index (χ3n) is 5.95. The van der Waals surface area contributed by atoms with Gasteiger partial charge in [-0.15, -0.1) is 0 Å². The van der Waals surface area contributed by atoms with Crippen LogP contribution in [0, 0.1) is 34.0 Å². The molecule has 0 aromatic rings. The Balaban J connectivity index is 1.85. The van der Waals surface area contributed by atoms with Crippen molar-refractivity contribution in [1.82, 2.24) is 5.32 Å². The molecule has 1 N–H and O–H groups in total. The second-order valence-corrected chi connectivity index (χ2v) is 7.44. The zero-order valence-electron chi connectivity index (χ0n) is 14.5. The molecule has 132 valence electrons. The van der Waals surface area contributed by atoms with Crippen molar-refractivity contribution in [3.8, 4) is 12.1 Å². The highest BCUT2D eigenvalue weighted by atomic mass is 16.5. The Hall–Kier alpha value is -2.70. The average Bonchev–Trinajstić information content (AvgIpc) is 3.10. The van der Waals surface area contributed by atoms with E-state index in [1.54, 1.807) is 0 Å². The van der Waals surface area contributed by atoms with Crippen molar-refractivity contribution in [1.29, 1.82) is 10.5 Å². The first-order chi connectivity index (χ1) is 12.5. The summed E-state index contributed by atoms with van der Waals surface area (Å²) in [5, 5.41) is 23.4. The van der Waals surface area contributed by atoms with E-state index in [1.807, 2.05) is 6.08 Å². The van der Waals surface area contributed by atoms with Crippen LogP contribution in [0.5, 0.6) is 0 Å². The summed E-state index contributed by atoms with van der Waals surface area (Å²) in [6.07, 6.45) is 6.52. The molecule has 0 radical (unpaired) electrons. The van der Waals surface area contributed by atoms with Gasteiger partial charge in [0.05, 0.1) is 12.1 Å². The Morgan fingerprint density at radius 1 is 1.35 bits per heavy atom. The summed E-state index contributed by atoms with van der Waals surface area (Å²) >= 11 is 0. The molecule has 0 aromatic heterocycles. The number of nitrogens with zero attached hydrogens (tertiary/aromatic N) is 2. The normalized spacial score (nSPS) is 31.0. The first kappa shape index (κ1) is 16.8. The molecular weight excluding hydrogens is 330 g/mol. The van der Waals surface area contributed by atoms with E-state index < -0.39 is 11.4 Å². The number of carbonyl (C=O) groups excluding carboxylic acids is 2. The van der Waals surface area contributed by atoms with Crippen LogP contribution >= 0.6 is 0 Å². The van der Waals surface area contributed by atoms with Crippen LogP contribution < -0.4 is 5.32 Å². The Kier molecular flexibility index (Phi) is 3.82. The second kappa shape index (κ2) is 5.93. The minimum atomic E-state index is -1.28. The van der Waals surface area contributed by atoms with Gasteiger partial charge in [-0.25, -0.2) is 0 Å². The fourth-order valence-electron chi connectivity index (χ4n) is 4.68. The SMILES string of the molecule is CC(=O)OCC1=C2CC(C#N)(C#N)C3=C[C@H]4CCC(N4)[C@@H]3C=C2CC1=O. The fraction of sp³-hybridized carbons (Fsp3) is 0.500. The van der Waals surface area contributed by atoms with Crippen molar-refractivity contribution < 1.29 is 14.3 Å². The average molecular weight is 349 g/mol. The molecule has 0 spiro atoms. The lowest BCUT2D eigenvalue weighted by molar-refractivity contribution is -0.140. The Labute approximate surface area is 151 Å². The quantitative estimate of drug-likeness (QED) is 0.603. The first-order valence-electron chi connectivity index (χ1n) is 8.88. The summed E-state index contributed by atoms with van der Waals surface area (Å²) in [4.78, 5) is 23.7. The van der Waals surface area contributed by atoms with Gasteiger partial charge in [0.25, 0.3) is 0 Å². The van der Waals surface area contributed by atoms with Crippen molar-refractivity contribution in [2.45, 2.75) is 44.7 Å². The molecule has 26 heavy (non-hydrogen) atoms. The molecule has 2 heterocycles. The molecule has 1 saturated heterocycles. The van der Waals surface area contributed by atoms with Crippen molar-refractivity contribution in [2.75, 3.05) is 6.61 Å². The third kappa shape index (κ3) is 2.41. The number of allylic oxidation sites excluding steroid dienone is 2. The van der Waals surface area contributed by atoms with Crippen molar-refractivity contribution in [3.05, 3.63) is 34.4 Å². The van der Waals surface area contributed by atoms with Crippen LogP contribution in [0.25, 0.3) is 0 Å². The Bertz CT molecular complexity index is 867. The maximum Gasteiger partial charge on any atom is 0.302 e. The summed E-state index contributed by atoms with van der Waals surface area (Å²) in [5.41, 5.74) is 1.60. The lowest BCUT2D eigenvalue weighted by Gasteiger charge is -2.33. The maximum atomic E-state index is 12.5. The third-order valence-corrected chi connectivity index (χ3v) is 5.95.